The number of aldehydes is 1. The lowest BCUT2D eigenvalue weighted by molar-refractivity contribution is -0.143. The van der Waals surface area contributed by atoms with Crippen LogP contribution < -0.4 is 18.9 Å². The molecule has 0 aliphatic carbocycles. The van der Waals surface area contributed by atoms with Gasteiger partial charge < -0.3 is 33.2 Å². The van der Waals surface area contributed by atoms with E-state index in [1.807, 2.05) is 52.0 Å². The van der Waals surface area contributed by atoms with Crippen molar-refractivity contribution in [3.8, 4) is 23.0 Å². The minimum atomic E-state index is -0.558. The van der Waals surface area contributed by atoms with Crippen molar-refractivity contribution in [1.29, 1.82) is 0 Å². The molecule has 11 heteroatoms. The molecule has 3 aromatic rings. The van der Waals surface area contributed by atoms with Crippen molar-refractivity contribution in [2.24, 2.45) is 0 Å². The Labute approximate surface area is 275 Å². The molecule has 0 saturated carbocycles. The van der Waals surface area contributed by atoms with Crippen molar-refractivity contribution in [3.63, 3.8) is 0 Å². The zero-order chi connectivity index (χ0) is 34.7. The van der Waals surface area contributed by atoms with Gasteiger partial charge in [-0.15, -0.1) is 0 Å². The SMILES string of the molecule is COC(=O)COc1c(Cc2cc(C)c(OCC(=O)OC)c(C=O)c2C)cc(C)cc1Cc1cc(C)c(OCCOC=O)c(OC)c1C. The number of carbonyl (C=O) groups is 4. The van der Waals surface area contributed by atoms with Gasteiger partial charge in [0.25, 0.3) is 6.47 Å². The monoisotopic (exact) mass is 650 g/mol. The van der Waals surface area contributed by atoms with Gasteiger partial charge in [0.05, 0.1) is 26.9 Å². The van der Waals surface area contributed by atoms with Gasteiger partial charge in [-0.05, 0) is 79.1 Å². The summed E-state index contributed by atoms with van der Waals surface area (Å²) in [6.45, 7) is 9.48. The first-order valence-corrected chi connectivity index (χ1v) is 14.9. The molecule has 0 heterocycles. The average Bonchev–Trinajstić information content (AvgIpc) is 3.05. The maximum Gasteiger partial charge on any atom is 0.343 e. The minimum Gasteiger partial charge on any atom is -0.493 e. The maximum atomic E-state index is 12.2. The Morgan fingerprint density at radius 2 is 1.15 bits per heavy atom. The first-order chi connectivity index (χ1) is 22.5. The number of esters is 2. The zero-order valence-corrected chi connectivity index (χ0v) is 28.2. The van der Waals surface area contributed by atoms with Crippen molar-refractivity contribution in [1.82, 2.24) is 0 Å². The van der Waals surface area contributed by atoms with Gasteiger partial charge in [0, 0.05) is 12.8 Å². The molecule has 0 amide bonds. The minimum absolute atomic E-state index is 0.108. The van der Waals surface area contributed by atoms with Crippen LogP contribution in [0.4, 0.5) is 0 Å². The Bertz CT molecular complexity index is 1620. The third kappa shape index (κ3) is 9.02. The van der Waals surface area contributed by atoms with E-state index < -0.39 is 11.9 Å². The fourth-order valence-corrected chi connectivity index (χ4v) is 5.45. The highest BCUT2D eigenvalue weighted by molar-refractivity contribution is 5.84. The lowest BCUT2D eigenvalue weighted by Crippen LogP contribution is -2.16. The molecular weight excluding hydrogens is 608 g/mol. The van der Waals surface area contributed by atoms with Crippen molar-refractivity contribution < 1.29 is 52.3 Å². The molecule has 11 nitrogen and oxygen atoms in total. The van der Waals surface area contributed by atoms with Gasteiger partial charge >= 0.3 is 11.9 Å². The Kier molecular flexibility index (Phi) is 13.2. The lowest BCUT2D eigenvalue weighted by Gasteiger charge is -2.21. The van der Waals surface area contributed by atoms with E-state index in [0.717, 1.165) is 45.2 Å². The normalized spacial score (nSPS) is 10.6. The van der Waals surface area contributed by atoms with Crippen LogP contribution in [0.3, 0.4) is 0 Å². The summed E-state index contributed by atoms with van der Waals surface area (Å²) in [4.78, 5) is 46.6. The molecule has 0 spiro atoms. The van der Waals surface area contributed by atoms with Crippen LogP contribution in [0.25, 0.3) is 0 Å². The predicted octanol–water partition coefficient (Wildman–Crippen LogP) is 4.89. The number of rotatable bonds is 17. The fourth-order valence-electron chi connectivity index (χ4n) is 5.45. The standard InChI is InChI=1S/C36H42O11/c1-21-11-28(15-26-13-22(2)33(30(17-37)24(26)4)46-18-31(39)41-6)36(47-19-32(40)42-7)29(12-21)16-27-14-23(3)34(35(43-8)25(27)5)45-10-9-44-20-38/h11-14,17,20H,9-10,15-16,18-19H2,1-8H3. The number of ether oxygens (including phenoxy) is 7. The number of aryl methyl sites for hydroxylation is 3. The number of carbonyl (C=O) groups excluding carboxylic acids is 4. The van der Waals surface area contributed by atoms with Gasteiger partial charge in [-0.3, -0.25) is 9.59 Å². The smallest absolute Gasteiger partial charge is 0.343 e. The highest BCUT2D eigenvalue weighted by Crippen LogP contribution is 2.39. The van der Waals surface area contributed by atoms with E-state index in [9.17, 15) is 19.2 Å². The topological polar surface area (TPSA) is 133 Å². The van der Waals surface area contributed by atoms with E-state index in [0.29, 0.717) is 59.0 Å². The summed E-state index contributed by atoms with van der Waals surface area (Å²) < 4.78 is 37.7. The largest absolute Gasteiger partial charge is 0.493 e. The van der Waals surface area contributed by atoms with Crippen LogP contribution in [0.15, 0.2) is 24.3 Å². The zero-order valence-electron chi connectivity index (χ0n) is 28.2. The average molecular weight is 651 g/mol. The van der Waals surface area contributed by atoms with Crippen LogP contribution >= 0.6 is 0 Å². The van der Waals surface area contributed by atoms with Crippen LogP contribution in [-0.4, -0.2) is 72.5 Å². The Balaban J connectivity index is 2.10. The number of hydrogen-bond acceptors (Lipinski definition) is 11. The second kappa shape index (κ2) is 17.0. The number of hydrogen-bond donors (Lipinski definition) is 0. The number of benzene rings is 3. The Hall–Kier alpha value is -5.06. The first kappa shape index (κ1) is 36.4. The molecule has 3 aromatic carbocycles. The summed E-state index contributed by atoms with van der Waals surface area (Å²) in [5.74, 6) is 0.890. The molecule has 0 atom stereocenters. The molecule has 0 fully saturated rings. The van der Waals surface area contributed by atoms with E-state index in [4.69, 9.17) is 28.4 Å². The molecule has 3 rings (SSSR count). The molecule has 0 saturated heterocycles. The molecule has 0 aliphatic heterocycles. The molecule has 252 valence electrons. The summed E-state index contributed by atoms with van der Waals surface area (Å²) in [7, 11) is 4.13. The maximum absolute atomic E-state index is 12.2. The third-order valence-corrected chi connectivity index (χ3v) is 7.77. The van der Waals surface area contributed by atoms with E-state index in [1.165, 1.54) is 14.2 Å². The van der Waals surface area contributed by atoms with Crippen molar-refractivity contribution >= 4 is 24.7 Å². The first-order valence-electron chi connectivity index (χ1n) is 14.9. The van der Waals surface area contributed by atoms with Gasteiger partial charge in [0.1, 0.15) is 24.7 Å². The second-order valence-electron chi connectivity index (χ2n) is 11.0. The summed E-state index contributed by atoms with van der Waals surface area (Å²) >= 11 is 0. The molecule has 0 bridgehead atoms. The van der Waals surface area contributed by atoms with Crippen LogP contribution in [0.5, 0.6) is 23.0 Å². The van der Waals surface area contributed by atoms with Gasteiger partial charge in [-0.25, -0.2) is 9.59 Å². The lowest BCUT2D eigenvalue weighted by atomic mass is 9.90. The number of methoxy groups -OCH3 is 3. The highest BCUT2D eigenvalue weighted by Gasteiger charge is 2.22. The molecule has 0 aromatic heterocycles. The van der Waals surface area contributed by atoms with Crippen molar-refractivity contribution in [2.75, 3.05) is 47.8 Å². The molecule has 0 radical (unpaired) electrons. The second-order valence-corrected chi connectivity index (χ2v) is 11.0. The Morgan fingerprint density at radius 1 is 0.617 bits per heavy atom. The van der Waals surface area contributed by atoms with Crippen molar-refractivity contribution in [2.45, 2.75) is 47.5 Å². The molecular formula is C36H42O11. The van der Waals surface area contributed by atoms with Crippen LogP contribution in [-0.2, 0) is 41.4 Å². The van der Waals surface area contributed by atoms with Gasteiger partial charge in [-0.1, -0.05) is 29.8 Å². The van der Waals surface area contributed by atoms with Crippen LogP contribution in [0.2, 0.25) is 0 Å². The molecule has 0 aliphatic rings. The fraction of sp³-hybridized carbons (Fsp3) is 0.389. The summed E-state index contributed by atoms with van der Waals surface area (Å²) in [5, 5.41) is 0. The van der Waals surface area contributed by atoms with Gasteiger partial charge in [0.2, 0.25) is 0 Å². The molecule has 47 heavy (non-hydrogen) atoms. The van der Waals surface area contributed by atoms with Gasteiger partial charge in [-0.2, -0.15) is 0 Å². The van der Waals surface area contributed by atoms with Crippen LogP contribution in [0.1, 0.15) is 60.4 Å². The molecule has 0 N–H and O–H groups in total. The summed E-state index contributed by atoms with van der Waals surface area (Å²) in [6.07, 6.45) is 1.55. The highest BCUT2D eigenvalue weighted by atomic mass is 16.6. The quantitative estimate of drug-likeness (QED) is 0.0856. The van der Waals surface area contributed by atoms with E-state index in [2.05, 4.69) is 4.74 Å². The van der Waals surface area contributed by atoms with E-state index >= 15 is 0 Å². The van der Waals surface area contributed by atoms with Gasteiger partial charge in [0.15, 0.2) is 31.0 Å². The summed E-state index contributed by atoms with van der Waals surface area (Å²) in [5.41, 5.74) is 7.83. The van der Waals surface area contributed by atoms with E-state index in [1.54, 1.807) is 14.0 Å². The van der Waals surface area contributed by atoms with Crippen LogP contribution in [0, 0.1) is 34.6 Å². The molecule has 0 unspecified atom stereocenters. The predicted molar refractivity (Wildman–Crippen MR) is 173 cm³/mol. The van der Waals surface area contributed by atoms with Crippen molar-refractivity contribution in [3.05, 3.63) is 79.9 Å². The Morgan fingerprint density at radius 3 is 1.66 bits per heavy atom. The van der Waals surface area contributed by atoms with E-state index in [-0.39, 0.29) is 26.4 Å². The summed E-state index contributed by atoms with van der Waals surface area (Å²) in [6, 6.07) is 7.93. The third-order valence-electron chi connectivity index (χ3n) is 7.77.